The highest BCUT2D eigenvalue weighted by atomic mass is 32.2. The number of carbonyl (C=O) groups is 1. The van der Waals surface area contributed by atoms with Crippen LogP contribution in [0, 0.1) is 0 Å². The Labute approximate surface area is 82.0 Å². The summed E-state index contributed by atoms with van der Waals surface area (Å²) >= 11 is 1.47. The van der Waals surface area contributed by atoms with E-state index in [-0.39, 0.29) is 0 Å². The summed E-state index contributed by atoms with van der Waals surface area (Å²) in [5.74, 6) is -0.855. The van der Waals surface area contributed by atoms with Gasteiger partial charge in [0.25, 0.3) is 0 Å². The van der Waals surface area contributed by atoms with Gasteiger partial charge in [-0.05, 0) is 30.4 Å². The van der Waals surface area contributed by atoms with Crippen LogP contribution in [0.1, 0.15) is 22.8 Å². The van der Waals surface area contributed by atoms with Gasteiger partial charge in [-0.1, -0.05) is 13.0 Å². The van der Waals surface area contributed by atoms with Crippen LogP contribution in [0.3, 0.4) is 0 Å². The molecule has 0 aromatic heterocycles. The first kappa shape index (κ1) is 10.1. The van der Waals surface area contributed by atoms with Crippen LogP contribution in [0.25, 0.3) is 0 Å². The molecule has 0 heterocycles. The number of carboxylic acid groups (broad SMARTS) is 1. The number of thioether (sulfide) groups is 1. The number of benzene rings is 1. The van der Waals surface area contributed by atoms with Crippen LogP contribution >= 0.6 is 11.8 Å². The molecule has 13 heavy (non-hydrogen) atoms. The highest BCUT2D eigenvalue weighted by molar-refractivity contribution is 7.98. The number of carboxylic acids is 1. The van der Waals surface area contributed by atoms with Gasteiger partial charge in [-0.15, -0.1) is 11.8 Å². The van der Waals surface area contributed by atoms with Gasteiger partial charge in [0.2, 0.25) is 0 Å². The maximum atomic E-state index is 10.8. The maximum absolute atomic E-state index is 10.8. The summed E-state index contributed by atoms with van der Waals surface area (Å²) in [6.45, 7) is 2.06. The van der Waals surface area contributed by atoms with E-state index in [4.69, 9.17) is 5.11 Å². The van der Waals surface area contributed by atoms with E-state index in [9.17, 15) is 4.79 Å². The number of rotatable bonds is 3. The average molecular weight is 196 g/mol. The van der Waals surface area contributed by atoms with Gasteiger partial charge in [-0.3, -0.25) is 0 Å². The second-order valence-corrected chi connectivity index (χ2v) is 3.54. The number of hydrogen-bond acceptors (Lipinski definition) is 2. The van der Waals surface area contributed by atoms with Crippen LogP contribution < -0.4 is 0 Å². The number of aromatic carboxylic acids is 1. The Hall–Kier alpha value is -0.960. The molecule has 0 aliphatic heterocycles. The first-order valence-corrected chi connectivity index (χ1v) is 5.31. The van der Waals surface area contributed by atoms with Crippen molar-refractivity contribution in [3.05, 3.63) is 29.3 Å². The van der Waals surface area contributed by atoms with Gasteiger partial charge in [0, 0.05) is 4.90 Å². The molecule has 0 saturated heterocycles. The summed E-state index contributed by atoms with van der Waals surface area (Å²) in [4.78, 5) is 11.6. The Balaban J connectivity index is 3.15. The molecule has 0 aliphatic carbocycles. The molecule has 70 valence electrons. The van der Waals surface area contributed by atoms with E-state index in [0.717, 1.165) is 11.3 Å². The maximum Gasteiger partial charge on any atom is 0.336 e. The largest absolute Gasteiger partial charge is 0.478 e. The predicted molar refractivity (Wildman–Crippen MR) is 54.6 cm³/mol. The lowest BCUT2D eigenvalue weighted by Gasteiger charge is -2.04. The van der Waals surface area contributed by atoms with Crippen LogP contribution in [0.4, 0.5) is 0 Å². The third-order valence-electron chi connectivity index (χ3n) is 1.90. The molecule has 0 unspecified atom stereocenters. The Morgan fingerprint density at radius 3 is 2.69 bits per heavy atom. The minimum Gasteiger partial charge on any atom is -0.478 e. The van der Waals surface area contributed by atoms with Gasteiger partial charge in [-0.2, -0.15) is 0 Å². The van der Waals surface area contributed by atoms with E-state index in [0.29, 0.717) is 5.56 Å². The molecule has 0 spiro atoms. The van der Waals surface area contributed by atoms with E-state index in [1.807, 2.05) is 18.4 Å². The van der Waals surface area contributed by atoms with Crippen molar-refractivity contribution in [1.82, 2.24) is 0 Å². The molecular weight excluding hydrogens is 184 g/mol. The van der Waals surface area contributed by atoms with Crippen molar-refractivity contribution in [3.63, 3.8) is 0 Å². The molecule has 0 atom stereocenters. The number of aryl methyl sites for hydroxylation is 1. The Bertz CT molecular complexity index is 321. The zero-order valence-corrected chi connectivity index (χ0v) is 8.52. The van der Waals surface area contributed by atoms with Crippen molar-refractivity contribution in [3.8, 4) is 0 Å². The third kappa shape index (κ3) is 2.25. The van der Waals surface area contributed by atoms with E-state index in [1.54, 1.807) is 6.07 Å². The van der Waals surface area contributed by atoms with Gasteiger partial charge in [-0.25, -0.2) is 4.79 Å². The SMILES string of the molecule is CCc1ccc(C(=O)O)c(SC)c1. The lowest BCUT2D eigenvalue weighted by atomic mass is 10.1. The molecular formula is C10H12O2S. The zero-order valence-electron chi connectivity index (χ0n) is 7.70. The highest BCUT2D eigenvalue weighted by Gasteiger charge is 2.08. The van der Waals surface area contributed by atoms with E-state index < -0.39 is 5.97 Å². The van der Waals surface area contributed by atoms with Gasteiger partial charge < -0.3 is 5.11 Å². The molecule has 0 amide bonds. The molecule has 2 nitrogen and oxygen atoms in total. The molecule has 0 aliphatic rings. The topological polar surface area (TPSA) is 37.3 Å². The first-order chi connectivity index (χ1) is 6.19. The summed E-state index contributed by atoms with van der Waals surface area (Å²) < 4.78 is 0. The van der Waals surface area contributed by atoms with Crippen molar-refractivity contribution in [2.45, 2.75) is 18.2 Å². The van der Waals surface area contributed by atoms with Crippen LogP contribution in [0.2, 0.25) is 0 Å². The summed E-state index contributed by atoms with van der Waals surface area (Å²) in [5, 5.41) is 8.85. The van der Waals surface area contributed by atoms with Gasteiger partial charge >= 0.3 is 5.97 Å². The highest BCUT2D eigenvalue weighted by Crippen LogP contribution is 2.22. The summed E-state index contributed by atoms with van der Waals surface area (Å²) in [7, 11) is 0. The minimum absolute atomic E-state index is 0.393. The van der Waals surface area contributed by atoms with Crippen LogP contribution in [0.15, 0.2) is 23.1 Å². The Morgan fingerprint density at radius 1 is 1.54 bits per heavy atom. The number of hydrogen-bond donors (Lipinski definition) is 1. The second-order valence-electron chi connectivity index (χ2n) is 2.69. The Kier molecular flexibility index (Phi) is 3.37. The fourth-order valence-electron chi connectivity index (χ4n) is 1.13. The zero-order chi connectivity index (χ0) is 9.84. The predicted octanol–water partition coefficient (Wildman–Crippen LogP) is 2.67. The molecule has 1 aromatic rings. The van der Waals surface area contributed by atoms with Crippen LogP contribution in [0.5, 0.6) is 0 Å². The first-order valence-electron chi connectivity index (χ1n) is 4.09. The fourth-order valence-corrected chi connectivity index (χ4v) is 1.78. The molecule has 1 aromatic carbocycles. The third-order valence-corrected chi connectivity index (χ3v) is 2.68. The fraction of sp³-hybridized carbons (Fsp3) is 0.300. The standard InChI is InChI=1S/C10H12O2S/c1-3-7-4-5-8(10(11)12)9(6-7)13-2/h4-6H,3H2,1-2H3,(H,11,12). The molecule has 0 saturated carbocycles. The normalized spacial score (nSPS) is 10.0. The molecule has 0 radical (unpaired) electrons. The monoisotopic (exact) mass is 196 g/mol. The van der Waals surface area contributed by atoms with Crippen molar-refractivity contribution >= 4 is 17.7 Å². The minimum atomic E-state index is -0.855. The van der Waals surface area contributed by atoms with Crippen LogP contribution in [-0.4, -0.2) is 17.3 Å². The van der Waals surface area contributed by atoms with E-state index >= 15 is 0 Å². The van der Waals surface area contributed by atoms with Gasteiger partial charge in [0.05, 0.1) is 5.56 Å². The molecule has 3 heteroatoms. The van der Waals surface area contributed by atoms with Gasteiger partial charge in [0.15, 0.2) is 0 Å². The summed E-state index contributed by atoms with van der Waals surface area (Å²) in [5.41, 5.74) is 1.57. The molecule has 1 rings (SSSR count). The Morgan fingerprint density at radius 2 is 2.23 bits per heavy atom. The summed E-state index contributed by atoms with van der Waals surface area (Å²) in [6, 6.07) is 5.48. The van der Waals surface area contributed by atoms with E-state index in [1.165, 1.54) is 17.3 Å². The van der Waals surface area contributed by atoms with Crippen molar-refractivity contribution in [1.29, 1.82) is 0 Å². The second kappa shape index (κ2) is 4.33. The molecule has 0 fully saturated rings. The average Bonchev–Trinajstić information content (AvgIpc) is 2.16. The van der Waals surface area contributed by atoms with Crippen molar-refractivity contribution < 1.29 is 9.90 Å². The lowest BCUT2D eigenvalue weighted by Crippen LogP contribution is -1.99. The molecule has 1 N–H and O–H groups in total. The molecule has 0 bridgehead atoms. The summed E-state index contributed by atoms with van der Waals surface area (Å²) in [6.07, 6.45) is 2.83. The van der Waals surface area contributed by atoms with Crippen molar-refractivity contribution in [2.75, 3.05) is 6.26 Å². The van der Waals surface area contributed by atoms with Gasteiger partial charge in [0.1, 0.15) is 0 Å². The lowest BCUT2D eigenvalue weighted by molar-refractivity contribution is 0.0693. The van der Waals surface area contributed by atoms with Crippen LogP contribution in [-0.2, 0) is 6.42 Å². The smallest absolute Gasteiger partial charge is 0.336 e. The van der Waals surface area contributed by atoms with E-state index in [2.05, 4.69) is 6.92 Å². The van der Waals surface area contributed by atoms with Crippen molar-refractivity contribution in [2.24, 2.45) is 0 Å². The quantitative estimate of drug-likeness (QED) is 0.755.